The second-order valence-electron chi connectivity index (χ2n) is 5.00. The van der Waals surface area contributed by atoms with Gasteiger partial charge in [-0.3, -0.25) is 9.89 Å². The molecule has 1 fully saturated rings. The van der Waals surface area contributed by atoms with Gasteiger partial charge in [-0.05, 0) is 31.7 Å². The maximum absolute atomic E-state index is 11.9. The van der Waals surface area contributed by atoms with E-state index in [1.807, 2.05) is 6.92 Å². The van der Waals surface area contributed by atoms with Crippen molar-refractivity contribution in [3.8, 4) is 0 Å². The summed E-state index contributed by atoms with van der Waals surface area (Å²) in [6.07, 6.45) is 6.24. The largest absolute Gasteiger partial charge is 0.351 e. The van der Waals surface area contributed by atoms with Gasteiger partial charge in [-0.1, -0.05) is 12.8 Å². The Morgan fingerprint density at radius 2 is 2.29 bits per heavy atom. The molecule has 0 unspecified atom stereocenters. The van der Waals surface area contributed by atoms with Crippen molar-refractivity contribution < 1.29 is 4.79 Å². The van der Waals surface area contributed by atoms with Gasteiger partial charge in [-0.15, -0.1) is 0 Å². The quantitative estimate of drug-likeness (QED) is 0.728. The summed E-state index contributed by atoms with van der Waals surface area (Å²) >= 11 is 0. The minimum atomic E-state index is -0.0593. The number of hydrogen-bond acceptors (Lipinski definition) is 3. The second kappa shape index (κ2) is 4.87. The van der Waals surface area contributed by atoms with Crippen LogP contribution in [-0.2, 0) is 0 Å². The van der Waals surface area contributed by atoms with Crippen LogP contribution in [-0.4, -0.2) is 29.2 Å². The molecule has 1 heterocycles. The van der Waals surface area contributed by atoms with E-state index in [1.54, 1.807) is 6.20 Å². The molecular weight excluding hydrogens is 216 g/mol. The summed E-state index contributed by atoms with van der Waals surface area (Å²) in [5.41, 5.74) is 7.37. The van der Waals surface area contributed by atoms with Gasteiger partial charge in [0.15, 0.2) is 0 Å². The molecule has 1 aliphatic rings. The monoisotopic (exact) mass is 236 g/mol. The molecule has 0 saturated heterocycles. The number of nitrogens with one attached hydrogen (secondary N) is 2. The Hall–Kier alpha value is -1.36. The minimum Gasteiger partial charge on any atom is -0.351 e. The van der Waals surface area contributed by atoms with Crippen LogP contribution >= 0.6 is 0 Å². The van der Waals surface area contributed by atoms with Crippen molar-refractivity contribution in [1.29, 1.82) is 0 Å². The molecule has 5 nitrogen and oxygen atoms in total. The van der Waals surface area contributed by atoms with Crippen molar-refractivity contribution in [3.05, 3.63) is 17.5 Å². The summed E-state index contributed by atoms with van der Waals surface area (Å²) in [6.45, 7) is 3.17. The van der Waals surface area contributed by atoms with E-state index in [9.17, 15) is 4.79 Å². The van der Waals surface area contributed by atoms with Crippen LogP contribution in [0.25, 0.3) is 0 Å². The lowest BCUT2D eigenvalue weighted by atomic mass is 9.86. The third kappa shape index (κ3) is 2.49. The number of H-pyrrole nitrogens is 1. The van der Waals surface area contributed by atoms with Crippen LogP contribution in [0, 0.1) is 12.3 Å². The third-order valence-electron chi connectivity index (χ3n) is 3.80. The summed E-state index contributed by atoms with van der Waals surface area (Å²) in [5, 5.41) is 9.60. The van der Waals surface area contributed by atoms with Crippen LogP contribution in [0.5, 0.6) is 0 Å². The average Bonchev–Trinajstić information content (AvgIpc) is 2.95. The zero-order valence-electron chi connectivity index (χ0n) is 10.3. The first-order chi connectivity index (χ1) is 8.17. The number of nitrogens with two attached hydrogens (primary N) is 1. The van der Waals surface area contributed by atoms with Gasteiger partial charge in [0.1, 0.15) is 0 Å². The number of rotatable bonds is 4. The smallest absolute Gasteiger partial charge is 0.254 e. The number of nitrogens with zero attached hydrogens (tertiary/aromatic N) is 1. The van der Waals surface area contributed by atoms with Crippen LogP contribution in [0.1, 0.15) is 41.7 Å². The topological polar surface area (TPSA) is 83.8 Å². The first kappa shape index (κ1) is 12.1. The Morgan fingerprint density at radius 3 is 2.82 bits per heavy atom. The average molecular weight is 236 g/mol. The molecule has 0 atom stereocenters. The fourth-order valence-electron chi connectivity index (χ4n) is 2.52. The molecule has 4 N–H and O–H groups in total. The summed E-state index contributed by atoms with van der Waals surface area (Å²) < 4.78 is 0. The molecular formula is C12H20N4O. The molecule has 2 rings (SSSR count). The van der Waals surface area contributed by atoms with Crippen LogP contribution in [0.3, 0.4) is 0 Å². The third-order valence-corrected chi connectivity index (χ3v) is 3.80. The fraction of sp³-hybridized carbons (Fsp3) is 0.667. The predicted molar refractivity (Wildman–Crippen MR) is 65.6 cm³/mol. The molecule has 1 aromatic rings. The lowest BCUT2D eigenvalue weighted by Gasteiger charge is -2.27. The Morgan fingerprint density at radius 1 is 1.59 bits per heavy atom. The van der Waals surface area contributed by atoms with Crippen molar-refractivity contribution in [3.63, 3.8) is 0 Å². The van der Waals surface area contributed by atoms with Crippen LogP contribution < -0.4 is 11.1 Å². The van der Waals surface area contributed by atoms with Gasteiger partial charge in [-0.25, -0.2) is 0 Å². The highest BCUT2D eigenvalue weighted by molar-refractivity contribution is 5.94. The standard InChI is InChI=1S/C12H20N4O/c1-9-10(6-15-16-9)11(17)14-8-12(7-13)4-2-3-5-12/h6H,2-5,7-8,13H2,1H3,(H,14,17)(H,15,16). The number of aromatic amines is 1. The van der Waals surface area contributed by atoms with Crippen LogP contribution in [0.2, 0.25) is 0 Å². The Balaban J connectivity index is 1.94. The van der Waals surface area contributed by atoms with Gasteiger partial charge in [-0.2, -0.15) is 5.10 Å². The van der Waals surface area contributed by atoms with E-state index in [-0.39, 0.29) is 11.3 Å². The molecule has 5 heteroatoms. The lowest BCUT2D eigenvalue weighted by Crippen LogP contribution is -2.40. The van der Waals surface area contributed by atoms with Crippen LogP contribution in [0.15, 0.2) is 6.20 Å². The molecule has 17 heavy (non-hydrogen) atoms. The molecule has 1 saturated carbocycles. The highest BCUT2D eigenvalue weighted by Crippen LogP contribution is 2.36. The maximum Gasteiger partial charge on any atom is 0.254 e. The van der Waals surface area contributed by atoms with E-state index in [1.165, 1.54) is 12.8 Å². The van der Waals surface area contributed by atoms with E-state index in [4.69, 9.17) is 5.73 Å². The molecule has 1 aromatic heterocycles. The first-order valence-corrected chi connectivity index (χ1v) is 6.15. The highest BCUT2D eigenvalue weighted by atomic mass is 16.1. The van der Waals surface area contributed by atoms with Gasteiger partial charge in [0.25, 0.3) is 5.91 Å². The SMILES string of the molecule is Cc1[nH]ncc1C(=O)NCC1(CN)CCCC1. The Labute approximate surface area is 101 Å². The van der Waals surface area contributed by atoms with Gasteiger partial charge < -0.3 is 11.1 Å². The van der Waals surface area contributed by atoms with Crippen molar-refractivity contribution in [2.75, 3.05) is 13.1 Å². The Kier molecular flexibility index (Phi) is 3.47. The fourth-order valence-corrected chi connectivity index (χ4v) is 2.52. The predicted octanol–water partition coefficient (Wildman–Crippen LogP) is 0.967. The number of aryl methyl sites for hydroxylation is 1. The number of carbonyl (C=O) groups excluding carboxylic acids is 1. The number of amides is 1. The van der Waals surface area contributed by atoms with Crippen molar-refractivity contribution in [2.45, 2.75) is 32.6 Å². The number of aromatic nitrogens is 2. The maximum atomic E-state index is 11.9. The summed E-state index contributed by atoms with van der Waals surface area (Å²) in [5.74, 6) is -0.0593. The molecule has 0 aromatic carbocycles. The summed E-state index contributed by atoms with van der Waals surface area (Å²) in [7, 11) is 0. The molecule has 94 valence electrons. The van der Waals surface area contributed by atoms with E-state index in [0.29, 0.717) is 18.7 Å². The summed E-state index contributed by atoms with van der Waals surface area (Å²) in [6, 6.07) is 0. The molecule has 0 radical (unpaired) electrons. The van der Waals surface area contributed by atoms with Gasteiger partial charge >= 0.3 is 0 Å². The van der Waals surface area contributed by atoms with Crippen molar-refractivity contribution in [1.82, 2.24) is 15.5 Å². The van der Waals surface area contributed by atoms with Crippen molar-refractivity contribution >= 4 is 5.91 Å². The Bertz CT molecular complexity index is 393. The normalized spacial score (nSPS) is 18.2. The van der Waals surface area contributed by atoms with E-state index in [2.05, 4.69) is 15.5 Å². The summed E-state index contributed by atoms with van der Waals surface area (Å²) in [4.78, 5) is 11.9. The van der Waals surface area contributed by atoms with Crippen LogP contribution in [0.4, 0.5) is 0 Å². The minimum absolute atomic E-state index is 0.0593. The van der Waals surface area contributed by atoms with Gasteiger partial charge in [0, 0.05) is 12.2 Å². The van der Waals surface area contributed by atoms with Gasteiger partial charge in [0.05, 0.1) is 11.8 Å². The lowest BCUT2D eigenvalue weighted by molar-refractivity contribution is 0.0931. The number of carbonyl (C=O) groups is 1. The zero-order chi connectivity index (χ0) is 12.3. The van der Waals surface area contributed by atoms with E-state index in [0.717, 1.165) is 18.5 Å². The highest BCUT2D eigenvalue weighted by Gasteiger charge is 2.32. The number of hydrogen-bond donors (Lipinski definition) is 3. The van der Waals surface area contributed by atoms with Gasteiger partial charge in [0.2, 0.25) is 0 Å². The molecule has 1 amide bonds. The van der Waals surface area contributed by atoms with E-state index >= 15 is 0 Å². The van der Waals surface area contributed by atoms with Crippen molar-refractivity contribution in [2.24, 2.45) is 11.1 Å². The molecule has 1 aliphatic carbocycles. The molecule has 0 bridgehead atoms. The molecule has 0 spiro atoms. The zero-order valence-corrected chi connectivity index (χ0v) is 10.3. The molecule has 0 aliphatic heterocycles. The van der Waals surface area contributed by atoms with E-state index < -0.39 is 0 Å². The first-order valence-electron chi connectivity index (χ1n) is 6.15. The second-order valence-corrected chi connectivity index (χ2v) is 5.00.